The van der Waals surface area contributed by atoms with Crippen LogP contribution in [-0.2, 0) is 6.54 Å². The largest absolute Gasteiger partial charge is 0.355 e. The third-order valence-corrected chi connectivity index (χ3v) is 5.86. The monoisotopic (exact) mass is 436 g/mol. The van der Waals surface area contributed by atoms with Gasteiger partial charge in [0.25, 0.3) is 0 Å². The number of aromatic nitrogens is 2. The van der Waals surface area contributed by atoms with Gasteiger partial charge in [0.2, 0.25) is 0 Å². The van der Waals surface area contributed by atoms with E-state index in [2.05, 4.69) is 54.3 Å². The van der Waals surface area contributed by atoms with Gasteiger partial charge in [-0.3, -0.25) is 4.90 Å². The average molecular weight is 438 g/mol. The number of pyridine rings is 1. The van der Waals surface area contributed by atoms with Crippen LogP contribution in [0.5, 0.6) is 0 Å². The molecule has 25 heavy (non-hydrogen) atoms. The number of rotatable bonds is 3. The fourth-order valence-corrected chi connectivity index (χ4v) is 4.65. The summed E-state index contributed by atoms with van der Waals surface area (Å²) >= 11 is 11.5. The first-order valence-corrected chi connectivity index (χ1v) is 10.4. The van der Waals surface area contributed by atoms with E-state index in [1.54, 1.807) is 11.3 Å². The van der Waals surface area contributed by atoms with E-state index >= 15 is 0 Å². The molecule has 0 N–H and O–H groups in total. The lowest BCUT2D eigenvalue weighted by molar-refractivity contribution is 0.282. The van der Waals surface area contributed by atoms with Crippen LogP contribution in [0, 0.1) is 0 Å². The first-order valence-electron chi connectivity index (χ1n) is 8.29. The highest BCUT2D eigenvalue weighted by Gasteiger charge is 2.17. The zero-order valence-corrected chi connectivity index (χ0v) is 16.8. The number of hydrogen-bond acceptors (Lipinski definition) is 5. The molecule has 0 saturated carbocycles. The normalized spacial score (nSPS) is 16.3. The molecule has 130 valence electrons. The molecule has 4 rings (SSSR count). The third kappa shape index (κ3) is 3.97. The number of thiazole rings is 1. The Morgan fingerprint density at radius 1 is 1.16 bits per heavy atom. The second-order valence-corrected chi connectivity index (χ2v) is 8.27. The average Bonchev–Trinajstić information content (AvgIpc) is 2.99. The third-order valence-electron chi connectivity index (χ3n) is 4.48. The molecule has 1 aliphatic heterocycles. The highest BCUT2D eigenvalue weighted by Crippen LogP contribution is 2.29. The maximum absolute atomic E-state index is 6.38. The maximum Gasteiger partial charge on any atom is 0.129 e. The molecule has 0 spiro atoms. The van der Waals surface area contributed by atoms with Crippen molar-refractivity contribution in [3.05, 3.63) is 50.3 Å². The van der Waals surface area contributed by atoms with E-state index in [1.807, 2.05) is 11.6 Å². The van der Waals surface area contributed by atoms with Crippen molar-refractivity contribution >= 4 is 55.6 Å². The second-order valence-electron chi connectivity index (χ2n) is 6.23. The highest BCUT2D eigenvalue weighted by molar-refractivity contribution is 9.10. The Hall–Kier alpha value is -1.21. The van der Waals surface area contributed by atoms with E-state index in [0.29, 0.717) is 5.02 Å². The van der Waals surface area contributed by atoms with Gasteiger partial charge in [-0.2, -0.15) is 0 Å². The minimum absolute atomic E-state index is 0.686. The van der Waals surface area contributed by atoms with Crippen molar-refractivity contribution in [2.45, 2.75) is 13.0 Å². The molecule has 4 nitrogen and oxygen atoms in total. The number of nitrogens with zero attached hydrogens (tertiary/aromatic N) is 4. The summed E-state index contributed by atoms with van der Waals surface area (Å²) in [5.74, 6) is 1.01. The van der Waals surface area contributed by atoms with Crippen LogP contribution in [0.4, 0.5) is 5.82 Å². The molecular weight excluding hydrogens is 420 g/mol. The number of hydrogen-bond donors (Lipinski definition) is 0. The van der Waals surface area contributed by atoms with Gasteiger partial charge < -0.3 is 4.90 Å². The van der Waals surface area contributed by atoms with E-state index in [1.165, 1.54) is 5.69 Å². The fraction of sp³-hybridized carbons (Fsp3) is 0.333. The lowest BCUT2D eigenvalue weighted by atomic mass is 10.2. The molecule has 7 heteroatoms. The smallest absolute Gasteiger partial charge is 0.129 e. The molecule has 1 aromatic carbocycles. The first kappa shape index (κ1) is 17.2. The minimum atomic E-state index is 0.686. The summed E-state index contributed by atoms with van der Waals surface area (Å²) in [6, 6.07) is 8.15. The number of benzene rings is 1. The molecule has 1 aliphatic rings. The first-order chi connectivity index (χ1) is 12.2. The Labute approximate surface area is 164 Å². The van der Waals surface area contributed by atoms with Crippen molar-refractivity contribution in [2.75, 3.05) is 31.1 Å². The molecular formula is C18H18BrClN4S. The van der Waals surface area contributed by atoms with Gasteiger partial charge in [0.15, 0.2) is 0 Å². The molecule has 1 saturated heterocycles. The van der Waals surface area contributed by atoms with Crippen molar-refractivity contribution in [2.24, 2.45) is 0 Å². The van der Waals surface area contributed by atoms with Gasteiger partial charge in [0, 0.05) is 48.0 Å². The van der Waals surface area contributed by atoms with Crippen LogP contribution >= 0.6 is 38.9 Å². The fourth-order valence-electron chi connectivity index (χ4n) is 3.23. The summed E-state index contributed by atoms with van der Waals surface area (Å²) in [6.07, 6.45) is 1.12. The van der Waals surface area contributed by atoms with Crippen LogP contribution in [0.2, 0.25) is 5.02 Å². The summed E-state index contributed by atoms with van der Waals surface area (Å²) < 4.78 is 0.979. The molecule has 0 atom stereocenters. The van der Waals surface area contributed by atoms with E-state index in [-0.39, 0.29) is 0 Å². The summed E-state index contributed by atoms with van der Waals surface area (Å²) in [5, 5.41) is 3.88. The van der Waals surface area contributed by atoms with Gasteiger partial charge >= 0.3 is 0 Å². The molecule has 0 bridgehead atoms. The molecule has 0 radical (unpaired) electrons. The van der Waals surface area contributed by atoms with Crippen LogP contribution < -0.4 is 4.90 Å². The highest BCUT2D eigenvalue weighted by atomic mass is 79.9. The van der Waals surface area contributed by atoms with Crippen molar-refractivity contribution in [1.29, 1.82) is 0 Å². The quantitative estimate of drug-likeness (QED) is 0.588. The standard InChI is InChI=1S/C18H18BrClN4S/c19-14-8-13-2-3-17(22-18(13)16(20)9-14)24-5-1-4-23(6-7-24)10-15-11-25-12-21-15/h2-3,8-9,11-12H,1,4-7,10H2. The van der Waals surface area contributed by atoms with Gasteiger partial charge in [0.05, 0.1) is 21.7 Å². The lowest BCUT2D eigenvalue weighted by Crippen LogP contribution is -2.31. The molecule has 0 amide bonds. The summed E-state index contributed by atoms with van der Waals surface area (Å²) in [7, 11) is 0. The Kier molecular flexibility index (Phi) is 5.22. The lowest BCUT2D eigenvalue weighted by Gasteiger charge is -2.23. The SMILES string of the molecule is Clc1cc(Br)cc2ccc(N3CCCN(Cc4cscn4)CC3)nc12. The van der Waals surface area contributed by atoms with Crippen molar-refractivity contribution in [3.63, 3.8) is 0 Å². The van der Waals surface area contributed by atoms with E-state index in [0.717, 1.165) is 60.3 Å². The van der Waals surface area contributed by atoms with E-state index < -0.39 is 0 Å². The van der Waals surface area contributed by atoms with E-state index in [4.69, 9.17) is 16.6 Å². The van der Waals surface area contributed by atoms with Crippen LogP contribution in [-0.4, -0.2) is 41.0 Å². The van der Waals surface area contributed by atoms with Crippen molar-refractivity contribution in [1.82, 2.24) is 14.9 Å². The Balaban J connectivity index is 1.51. The summed E-state index contributed by atoms with van der Waals surface area (Å²) in [4.78, 5) is 14.1. The maximum atomic E-state index is 6.38. The number of anilines is 1. The van der Waals surface area contributed by atoms with Gasteiger partial charge in [-0.05, 0) is 30.7 Å². The zero-order chi connectivity index (χ0) is 17.2. The zero-order valence-electron chi connectivity index (χ0n) is 13.7. The summed E-state index contributed by atoms with van der Waals surface area (Å²) in [6.45, 7) is 5.03. The Morgan fingerprint density at radius 3 is 2.92 bits per heavy atom. The van der Waals surface area contributed by atoms with Crippen molar-refractivity contribution in [3.8, 4) is 0 Å². The predicted octanol–water partition coefficient (Wildman–Crippen LogP) is 4.82. The van der Waals surface area contributed by atoms with Crippen molar-refractivity contribution < 1.29 is 0 Å². The number of fused-ring (bicyclic) bond motifs is 1. The van der Waals surface area contributed by atoms with Gasteiger partial charge in [-0.1, -0.05) is 27.5 Å². The summed E-state index contributed by atoms with van der Waals surface area (Å²) in [5.41, 5.74) is 3.94. The molecule has 2 aromatic heterocycles. The minimum Gasteiger partial charge on any atom is -0.355 e. The Morgan fingerprint density at radius 2 is 2.08 bits per heavy atom. The molecule has 0 unspecified atom stereocenters. The molecule has 0 aliphatic carbocycles. The molecule has 3 heterocycles. The van der Waals surface area contributed by atoms with Crippen LogP contribution in [0.3, 0.4) is 0 Å². The Bertz CT molecular complexity index is 871. The van der Waals surface area contributed by atoms with Crippen LogP contribution in [0.1, 0.15) is 12.1 Å². The topological polar surface area (TPSA) is 32.3 Å². The molecule has 3 aromatic rings. The number of halogens is 2. The van der Waals surface area contributed by atoms with E-state index in [9.17, 15) is 0 Å². The molecule has 1 fully saturated rings. The predicted molar refractivity (Wildman–Crippen MR) is 109 cm³/mol. The van der Waals surface area contributed by atoms with Crippen LogP contribution in [0.25, 0.3) is 10.9 Å². The van der Waals surface area contributed by atoms with Crippen LogP contribution in [0.15, 0.2) is 39.6 Å². The van der Waals surface area contributed by atoms with Gasteiger partial charge in [-0.25, -0.2) is 9.97 Å². The second kappa shape index (κ2) is 7.58. The van der Waals surface area contributed by atoms with Gasteiger partial charge in [-0.15, -0.1) is 11.3 Å². The van der Waals surface area contributed by atoms with Gasteiger partial charge in [0.1, 0.15) is 5.82 Å².